The number of unbranched alkanes of at least 4 members (excludes halogenated alkanes) is 1. The summed E-state index contributed by atoms with van der Waals surface area (Å²) in [5, 5.41) is 12.2. The lowest BCUT2D eigenvalue weighted by molar-refractivity contribution is -0.114. The smallest absolute Gasteiger partial charge is 0.185 e. The quantitative estimate of drug-likeness (QED) is 0.0763. The van der Waals surface area contributed by atoms with Crippen molar-refractivity contribution in [2.45, 2.75) is 141 Å². The maximum atomic E-state index is 12.8. The molecule has 0 amide bonds. The Hall–Kier alpha value is -2.80. The fraction of sp³-hybridized carbons (Fsp3) is 0.700. The van der Waals surface area contributed by atoms with Crippen molar-refractivity contribution in [1.82, 2.24) is 0 Å². The Kier molecular flexibility index (Phi) is 13.3. The van der Waals surface area contributed by atoms with E-state index in [4.69, 9.17) is 20.9 Å². The van der Waals surface area contributed by atoms with Crippen LogP contribution in [-0.2, 0) is 16.0 Å². The van der Waals surface area contributed by atoms with Gasteiger partial charge in [-0.2, -0.15) is 0 Å². The molecular weight excluding hydrogens is 586 g/mol. The van der Waals surface area contributed by atoms with Crippen LogP contribution < -0.4 is 16.2 Å². The molecule has 5 atom stereocenters. The van der Waals surface area contributed by atoms with Gasteiger partial charge in [-0.25, -0.2) is 0 Å². The first-order valence-electron chi connectivity index (χ1n) is 18.9. The Morgan fingerprint density at radius 1 is 1.04 bits per heavy atom. The number of phenols is 1. The second-order valence-electron chi connectivity index (χ2n) is 15.0. The van der Waals surface area contributed by atoms with E-state index in [0.29, 0.717) is 49.7 Å². The third kappa shape index (κ3) is 9.87. The molecule has 5 rings (SSSR count). The van der Waals surface area contributed by atoms with Crippen LogP contribution in [0.5, 0.6) is 11.5 Å². The SMILES string of the molecule is CCC/C=C/C(=O)CCc1cc(OC2CCCC2)c(O)c([C@@H]2[C@@H](COC3CCCCC3)[C@H](CCN=C(N)N)C=C3CC[C@@H](C)C[C@H]32)c1. The molecule has 3 saturated carbocycles. The number of hydrogen-bond donors (Lipinski definition) is 3. The highest BCUT2D eigenvalue weighted by Gasteiger charge is 2.44. The molecule has 7 heteroatoms. The van der Waals surface area contributed by atoms with Crippen LogP contribution in [0.15, 0.2) is 40.9 Å². The number of aryl methyl sites for hydroxylation is 1. The summed E-state index contributed by atoms with van der Waals surface area (Å²) in [5.41, 5.74) is 15.1. The molecule has 4 aliphatic rings. The van der Waals surface area contributed by atoms with E-state index in [9.17, 15) is 9.90 Å². The molecule has 3 fully saturated rings. The molecule has 0 aliphatic heterocycles. The summed E-state index contributed by atoms with van der Waals surface area (Å²) in [6.07, 6.45) is 24.2. The molecule has 5 N–H and O–H groups in total. The summed E-state index contributed by atoms with van der Waals surface area (Å²) in [7, 11) is 0. The largest absolute Gasteiger partial charge is 0.504 e. The van der Waals surface area contributed by atoms with E-state index in [2.05, 4.69) is 31.0 Å². The lowest BCUT2D eigenvalue weighted by atomic mass is 9.59. The molecule has 4 aliphatic carbocycles. The van der Waals surface area contributed by atoms with Gasteiger partial charge in [-0.05, 0) is 124 Å². The molecule has 0 aromatic heterocycles. The second-order valence-corrected chi connectivity index (χ2v) is 15.0. The molecule has 260 valence electrons. The molecule has 1 aromatic carbocycles. The number of rotatable bonds is 15. The number of nitrogens with two attached hydrogens (primary N) is 2. The second kappa shape index (κ2) is 17.6. The number of benzene rings is 1. The summed E-state index contributed by atoms with van der Waals surface area (Å²) in [6, 6.07) is 4.21. The molecule has 0 unspecified atom stereocenters. The van der Waals surface area contributed by atoms with Crippen LogP contribution in [0.4, 0.5) is 0 Å². The van der Waals surface area contributed by atoms with Gasteiger partial charge in [0.2, 0.25) is 0 Å². The zero-order valence-corrected chi connectivity index (χ0v) is 29.1. The predicted molar refractivity (Wildman–Crippen MR) is 191 cm³/mol. The van der Waals surface area contributed by atoms with Crippen LogP contribution in [0.25, 0.3) is 0 Å². The van der Waals surface area contributed by atoms with Gasteiger partial charge < -0.3 is 26.0 Å². The van der Waals surface area contributed by atoms with Gasteiger partial charge in [0.05, 0.1) is 18.8 Å². The van der Waals surface area contributed by atoms with Gasteiger partial charge in [-0.3, -0.25) is 9.79 Å². The molecule has 0 spiro atoms. The average molecular weight is 648 g/mol. The summed E-state index contributed by atoms with van der Waals surface area (Å²) in [4.78, 5) is 17.2. The highest BCUT2D eigenvalue weighted by molar-refractivity contribution is 5.89. The highest BCUT2D eigenvalue weighted by atomic mass is 16.5. The van der Waals surface area contributed by atoms with E-state index in [0.717, 1.165) is 81.8 Å². The Bertz CT molecular complexity index is 1260. The average Bonchev–Trinajstić information content (AvgIpc) is 3.58. The number of aliphatic imine (C=N–C) groups is 1. The maximum absolute atomic E-state index is 12.8. The molecule has 1 aromatic rings. The number of hydrogen-bond acceptors (Lipinski definition) is 5. The normalized spacial score (nSPS) is 27.0. The fourth-order valence-electron chi connectivity index (χ4n) is 8.74. The number of phenolic OH excluding ortho intramolecular Hbond substituents is 1. The van der Waals surface area contributed by atoms with Crippen molar-refractivity contribution in [3.05, 3.63) is 47.1 Å². The minimum atomic E-state index is 0.0802. The van der Waals surface area contributed by atoms with E-state index < -0.39 is 0 Å². The predicted octanol–water partition coefficient (Wildman–Crippen LogP) is 8.28. The highest BCUT2D eigenvalue weighted by Crippen LogP contribution is 2.55. The van der Waals surface area contributed by atoms with Crippen molar-refractivity contribution in [1.29, 1.82) is 0 Å². The Balaban J connectivity index is 1.53. The Morgan fingerprint density at radius 3 is 2.53 bits per heavy atom. The van der Waals surface area contributed by atoms with Gasteiger partial charge >= 0.3 is 0 Å². The maximum Gasteiger partial charge on any atom is 0.185 e. The monoisotopic (exact) mass is 647 g/mol. The van der Waals surface area contributed by atoms with Crippen molar-refractivity contribution in [3.8, 4) is 11.5 Å². The van der Waals surface area contributed by atoms with Crippen LogP contribution in [0, 0.1) is 23.7 Å². The topological polar surface area (TPSA) is 120 Å². The first kappa shape index (κ1) is 35.5. The summed E-state index contributed by atoms with van der Waals surface area (Å²) < 4.78 is 13.4. The lowest BCUT2D eigenvalue weighted by Crippen LogP contribution is -2.39. The van der Waals surface area contributed by atoms with Gasteiger partial charge in [0.25, 0.3) is 0 Å². The number of guanidine groups is 1. The van der Waals surface area contributed by atoms with Gasteiger partial charge in [0.15, 0.2) is 23.2 Å². The third-order valence-corrected chi connectivity index (χ3v) is 11.3. The number of aromatic hydroxyl groups is 1. The number of carbonyl (C=O) groups excluding carboxylic acids is 1. The summed E-state index contributed by atoms with van der Waals surface area (Å²) in [6.45, 7) is 5.71. The van der Waals surface area contributed by atoms with Crippen molar-refractivity contribution >= 4 is 11.7 Å². The number of ketones is 1. The van der Waals surface area contributed by atoms with E-state index in [1.54, 1.807) is 6.08 Å². The number of carbonyl (C=O) groups is 1. The molecule has 47 heavy (non-hydrogen) atoms. The Morgan fingerprint density at radius 2 is 1.79 bits per heavy atom. The van der Waals surface area contributed by atoms with Crippen LogP contribution in [0.1, 0.15) is 134 Å². The molecule has 0 radical (unpaired) electrons. The summed E-state index contributed by atoms with van der Waals surface area (Å²) >= 11 is 0. The fourth-order valence-corrected chi connectivity index (χ4v) is 8.74. The van der Waals surface area contributed by atoms with E-state index in [-0.39, 0.29) is 41.3 Å². The molecule has 7 nitrogen and oxygen atoms in total. The van der Waals surface area contributed by atoms with E-state index in [1.165, 1.54) is 31.3 Å². The first-order chi connectivity index (χ1) is 22.8. The van der Waals surface area contributed by atoms with Crippen molar-refractivity contribution in [3.63, 3.8) is 0 Å². The van der Waals surface area contributed by atoms with Crippen LogP contribution in [0.2, 0.25) is 0 Å². The van der Waals surface area contributed by atoms with Gasteiger partial charge in [0.1, 0.15) is 0 Å². The zero-order chi connectivity index (χ0) is 33.2. The molecular formula is C40H61N3O4. The molecule has 0 bridgehead atoms. The van der Waals surface area contributed by atoms with Gasteiger partial charge in [0, 0.05) is 18.5 Å². The van der Waals surface area contributed by atoms with Crippen molar-refractivity contribution in [2.75, 3.05) is 13.2 Å². The van der Waals surface area contributed by atoms with Crippen LogP contribution in [0.3, 0.4) is 0 Å². The summed E-state index contributed by atoms with van der Waals surface area (Å²) in [5.74, 6) is 2.57. The van der Waals surface area contributed by atoms with E-state index >= 15 is 0 Å². The van der Waals surface area contributed by atoms with Crippen LogP contribution in [-0.4, -0.2) is 42.2 Å². The number of nitrogens with zero attached hydrogens (tertiary/aromatic N) is 1. The lowest BCUT2D eigenvalue weighted by Gasteiger charge is -2.47. The third-order valence-electron chi connectivity index (χ3n) is 11.3. The Labute approximate surface area is 283 Å². The van der Waals surface area contributed by atoms with Gasteiger partial charge in [-0.15, -0.1) is 0 Å². The molecule has 0 heterocycles. The molecule has 0 saturated heterocycles. The standard InChI is InChI=1S/C40H61N3O4/c1-3-4-6-11-31(44)19-17-28-23-35(39(45)37(24-28)47-33-14-9-10-15-33)38-34-22-27(2)16-18-29(34)25-30(20-21-43-40(41)42)36(38)26-46-32-12-7-5-8-13-32/h6,11,23-25,27,30,32-34,36,38,45H,3-5,7-10,12-22,26H2,1-2H3,(H4,41,42,43)/b11-6+/t27-,30-,34-,36+,38-/m1/s1. The van der Waals surface area contributed by atoms with Crippen molar-refractivity contribution in [2.24, 2.45) is 40.1 Å². The minimum absolute atomic E-state index is 0.0802. The number of ether oxygens (including phenoxy) is 2. The van der Waals surface area contributed by atoms with E-state index in [1.807, 2.05) is 12.1 Å². The van der Waals surface area contributed by atoms with Crippen LogP contribution >= 0.6 is 0 Å². The minimum Gasteiger partial charge on any atom is -0.504 e. The first-order valence-corrected chi connectivity index (χ1v) is 18.9. The van der Waals surface area contributed by atoms with Crippen molar-refractivity contribution < 1.29 is 19.4 Å². The number of allylic oxidation sites excluding steroid dienone is 4. The van der Waals surface area contributed by atoms with Gasteiger partial charge in [-0.1, -0.05) is 63.3 Å². The zero-order valence-electron chi connectivity index (χ0n) is 29.1. The number of fused-ring (bicyclic) bond motifs is 1.